The third-order valence-electron chi connectivity index (χ3n) is 6.25. The molecule has 3 aliphatic heterocycles. The molecule has 0 saturated carbocycles. The molecule has 0 aromatic heterocycles. The van der Waals surface area contributed by atoms with E-state index in [-0.39, 0.29) is 29.6 Å². The number of carbonyl (C=O) groups is 3. The molecule has 0 radical (unpaired) electrons. The Morgan fingerprint density at radius 2 is 2.03 bits per heavy atom. The molecule has 3 amide bonds. The Hall–Kier alpha value is -2.25. The van der Waals surface area contributed by atoms with Gasteiger partial charge in [-0.25, -0.2) is 0 Å². The standard InChI is InChI=1S/C22H30N4O3/c1-22(2)10-16(7-8-23-13-22)24-11-14-3-4-17-15(9-14)12-26(21(17)29)18-5-6-19(27)25-20(18)28/h3-4,9,16,18,23-24H,5-8,10-13H2,1-2H3,(H,25,27,28). The second-order valence-corrected chi connectivity index (χ2v) is 9.30. The summed E-state index contributed by atoms with van der Waals surface area (Å²) in [5.74, 6) is -0.750. The molecule has 0 bridgehead atoms. The van der Waals surface area contributed by atoms with Gasteiger partial charge < -0.3 is 15.5 Å². The van der Waals surface area contributed by atoms with Crippen LogP contribution in [-0.4, -0.2) is 47.8 Å². The fourth-order valence-corrected chi connectivity index (χ4v) is 4.72. The van der Waals surface area contributed by atoms with Crippen molar-refractivity contribution in [2.45, 2.75) is 64.7 Å². The average molecular weight is 399 g/mol. The number of hydrogen-bond donors (Lipinski definition) is 3. The van der Waals surface area contributed by atoms with E-state index in [4.69, 9.17) is 0 Å². The van der Waals surface area contributed by atoms with Crippen LogP contribution in [0.2, 0.25) is 0 Å². The number of rotatable bonds is 4. The maximum absolute atomic E-state index is 12.8. The maximum Gasteiger partial charge on any atom is 0.255 e. The zero-order chi connectivity index (χ0) is 20.6. The molecule has 1 aromatic carbocycles. The van der Waals surface area contributed by atoms with Crippen molar-refractivity contribution < 1.29 is 14.4 Å². The van der Waals surface area contributed by atoms with E-state index in [1.807, 2.05) is 12.1 Å². The molecule has 2 saturated heterocycles. The highest BCUT2D eigenvalue weighted by molar-refractivity contribution is 6.05. The van der Waals surface area contributed by atoms with Gasteiger partial charge in [0, 0.05) is 37.7 Å². The monoisotopic (exact) mass is 398 g/mol. The van der Waals surface area contributed by atoms with Crippen LogP contribution in [0.5, 0.6) is 0 Å². The number of fused-ring (bicyclic) bond motifs is 1. The first-order chi connectivity index (χ1) is 13.8. The lowest BCUT2D eigenvalue weighted by Gasteiger charge is -2.29. The van der Waals surface area contributed by atoms with E-state index >= 15 is 0 Å². The van der Waals surface area contributed by atoms with Crippen LogP contribution < -0.4 is 16.0 Å². The predicted octanol–water partition coefficient (Wildman–Crippen LogP) is 1.32. The van der Waals surface area contributed by atoms with Crippen LogP contribution >= 0.6 is 0 Å². The molecule has 2 atom stereocenters. The smallest absolute Gasteiger partial charge is 0.255 e. The van der Waals surface area contributed by atoms with Gasteiger partial charge in [0.25, 0.3) is 5.91 Å². The molecular formula is C22H30N4O3. The fourth-order valence-electron chi connectivity index (χ4n) is 4.72. The molecule has 4 rings (SSSR count). The zero-order valence-electron chi connectivity index (χ0n) is 17.2. The van der Waals surface area contributed by atoms with Gasteiger partial charge in [0.15, 0.2) is 0 Å². The summed E-state index contributed by atoms with van der Waals surface area (Å²) in [6.45, 7) is 7.85. The molecule has 29 heavy (non-hydrogen) atoms. The third-order valence-corrected chi connectivity index (χ3v) is 6.25. The average Bonchev–Trinajstić information content (AvgIpc) is 2.87. The SMILES string of the molecule is CC1(C)CNCCC(NCc2ccc3c(c2)CN(C2CCC(=O)NC2=O)C3=O)C1. The number of hydrogen-bond acceptors (Lipinski definition) is 5. The summed E-state index contributed by atoms with van der Waals surface area (Å²) in [5.41, 5.74) is 3.05. The first-order valence-corrected chi connectivity index (χ1v) is 10.5. The van der Waals surface area contributed by atoms with E-state index in [0.717, 1.165) is 43.6 Å². The van der Waals surface area contributed by atoms with Crippen LogP contribution in [0.4, 0.5) is 0 Å². The van der Waals surface area contributed by atoms with Gasteiger partial charge in [0.2, 0.25) is 11.8 Å². The molecule has 0 spiro atoms. The van der Waals surface area contributed by atoms with Crippen LogP contribution in [0.15, 0.2) is 18.2 Å². The first-order valence-electron chi connectivity index (χ1n) is 10.5. The van der Waals surface area contributed by atoms with Gasteiger partial charge in [-0.3, -0.25) is 19.7 Å². The van der Waals surface area contributed by atoms with Gasteiger partial charge in [0.05, 0.1) is 0 Å². The first kappa shape index (κ1) is 20.0. The van der Waals surface area contributed by atoms with E-state index in [1.165, 1.54) is 0 Å². The number of imide groups is 1. The summed E-state index contributed by atoms with van der Waals surface area (Å²) in [6.07, 6.45) is 2.91. The molecular weight excluding hydrogens is 368 g/mol. The van der Waals surface area contributed by atoms with Gasteiger partial charge in [0.1, 0.15) is 6.04 Å². The lowest BCUT2D eigenvalue weighted by molar-refractivity contribution is -0.136. The summed E-state index contributed by atoms with van der Waals surface area (Å²) in [6, 6.07) is 5.85. The van der Waals surface area contributed by atoms with Gasteiger partial charge >= 0.3 is 0 Å². The van der Waals surface area contributed by atoms with Gasteiger partial charge in [-0.15, -0.1) is 0 Å². The summed E-state index contributed by atoms with van der Waals surface area (Å²) in [7, 11) is 0. The van der Waals surface area contributed by atoms with Crippen LogP contribution in [0, 0.1) is 5.41 Å². The number of benzene rings is 1. The Labute approximate surface area is 171 Å². The largest absolute Gasteiger partial charge is 0.322 e. The van der Waals surface area contributed by atoms with Crippen LogP contribution in [-0.2, 0) is 22.7 Å². The molecule has 0 aliphatic carbocycles. The minimum absolute atomic E-state index is 0.120. The lowest BCUT2D eigenvalue weighted by Crippen LogP contribution is -2.52. The second kappa shape index (κ2) is 7.88. The van der Waals surface area contributed by atoms with Crippen molar-refractivity contribution >= 4 is 17.7 Å². The molecule has 1 aromatic rings. The van der Waals surface area contributed by atoms with Crippen molar-refractivity contribution in [3.8, 4) is 0 Å². The van der Waals surface area contributed by atoms with E-state index in [2.05, 4.69) is 35.9 Å². The van der Waals surface area contributed by atoms with E-state index in [0.29, 0.717) is 24.6 Å². The molecule has 7 nitrogen and oxygen atoms in total. The number of piperidine rings is 1. The van der Waals surface area contributed by atoms with Gasteiger partial charge in [-0.1, -0.05) is 26.0 Å². The fraction of sp³-hybridized carbons (Fsp3) is 0.591. The maximum atomic E-state index is 12.8. The third kappa shape index (κ3) is 4.36. The number of carbonyl (C=O) groups excluding carboxylic acids is 3. The predicted molar refractivity (Wildman–Crippen MR) is 109 cm³/mol. The molecule has 7 heteroatoms. The van der Waals surface area contributed by atoms with Crippen LogP contribution in [0.1, 0.15) is 61.0 Å². The Morgan fingerprint density at radius 1 is 1.21 bits per heavy atom. The van der Waals surface area contributed by atoms with Gasteiger partial charge in [-0.2, -0.15) is 0 Å². The van der Waals surface area contributed by atoms with Crippen LogP contribution in [0.3, 0.4) is 0 Å². The second-order valence-electron chi connectivity index (χ2n) is 9.30. The molecule has 2 unspecified atom stereocenters. The van der Waals surface area contributed by atoms with E-state index in [9.17, 15) is 14.4 Å². The lowest BCUT2D eigenvalue weighted by atomic mass is 9.86. The zero-order valence-corrected chi connectivity index (χ0v) is 17.2. The Bertz CT molecular complexity index is 835. The Kier molecular flexibility index (Phi) is 5.44. The summed E-state index contributed by atoms with van der Waals surface area (Å²) < 4.78 is 0. The van der Waals surface area contributed by atoms with Crippen molar-refractivity contribution in [3.63, 3.8) is 0 Å². The quantitative estimate of drug-likeness (QED) is 0.666. The molecule has 3 N–H and O–H groups in total. The highest BCUT2D eigenvalue weighted by Gasteiger charge is 2.39. The van der Waals surface area contributed by atoms with Crippen molar-refractivity contribution in [2.24, 2.45) is 5.41 Å². The topological polar surface area (TPSA) is 90.5 Å². The number of nitrogens with one attached hydrogen (secondary N) is 3. The Balaban J connectivity index is 1.41. The van der Waals surface area contributed by atoms with E-state index < -0.39 is 6.04 Å². The highest BCUT2D eigenvalue weighted by atomic mass is 16.2. The van der Waals surface area contributed by atoms with Crippen molar-refractivity contribution in [2.75, 3.05) is 13.1 Å². The minimum Gasteiger partial charge on any atom is -0.322 e. The van der Waals surface area contributed by atoms with Crippen LogP contribution in [0.25, 0.3) is 0 Å². The Morgan fingerprint density at radius 3 is 2.83 bits per heavy atom. The summed E-state index contributed by atoms with van der Waals surface area (Å²) in [4.78, 5) is 38.0. The highest BCUT2D eigenvalue weighted by Crippen LogP contribution is 2.29. The normalized spacial score (nSPS) is 26.8. The number of nitrogens with zero attached hydrogens (tertiary/aromatic N) is 1. The summed E-state index contributed by atoms with van der Waals surface area (Å²) >= 11 is 0. The molecule has 156 valence electrons. The van der Waals surface area contributed by atoms with Gasteiger partial charge in [-0.05, 0) is 48.4 Å². The van der Waals surface area contributed by atoms with Crippen molar-refractivity contribution in [1.82, 2.24) is 20.9 Å². The van der Waals surface area contributed by atoms with Crippen molar-refractivity contribution in [3.05, 3.63) is 34.9 Å². The molecule has 2 fully saturated rings. The summed E-state index contributed by atoms with van der Waals surface area (Å²) in [5, 5.41) is 9.54. The minimum atomic E-state index is -0.560. The van der Waals surface area contributed by atoms with Crippen molar-refractivity contribution in [1.29, 1.82) is 0 Å². The van der Waals surface area contributed by atoms with E-state index in [1.54, 1.807) is 4.90 Å². The molecule has 3 heterocycles. The number of amides is 3. The molecule has 3 aliphatic rings.